The van der Waals surface area contributed by atoms with Crippen LogP contribution in [0.15, 0.2) is 231 Å². The molecule has 82 heavy (non-hydrogen) atoms. The third-order valence-electron chi connectivity index (χ3n) is 17.4. The molecule has 0 spiro atoms. The van der Waals surface area contributed by atoms with Gasteiger partial charge in [-0.05, 0) is 158 Å². The van der Waals surface area contributed by atoms with E-state index in [4.69, 9.17) is 0 Å². The van der Waals surface area contributed by atoms with Crippen LogP contribution in [-0.2, 0) is 21.7 Å². The average molecular weight is 1060 g/mol. The summed E-state index contributed by atoms with van der Waals surface area (Å²) >= 11 is 0. The van der Waals surface area contributed by atoms with Gasteiger partial charge in [0.05, 0.1) is 22.4 Å². The van der Waals surface area contributed by atoms with Crippen LogP contribution in [0.4, 0.5) is 17.1 Å². The molecular formula is C80H74N2. The SMILES string of the molecule is CC(C)(C)c1cc(-c2ccc(-c3ccc(N(c4ccc(-c5ccc(-c6cc(C(C)(C)C)cc(C(C)(C)C)c6)cc5)cc4)c4ccc5ccc6c(-n7c8ccccc8c8ccccc87)ccc7ccc4c5c76)cc3)cc2)cc(C(C)(C)C)c1. The summed E-state index contributed by atoms with van der Waals surface area (Å²) in [5.41, 5.74) is 22.4. The summed E-state index contributed by atoms with van der Waals surface area (Å²) in [4.78, 5) is 2.46. The summed E-state index contributed by atoms with van der Waals surface area (Å²) in [6.07, 6.45) is 0. The molecule has 1 aromatic heterocycles. The monoisotopic (exact) mass is 1060 g/mol. The van der Waals surface area contributed by atoms with Gasteiger partial charge >= 0.3 is 0 Å². The molecule has 0 fully saturated rings. The smallest absolute Gasteiger partial charge is 0.0541 e. The Balaban J connectivity index is 0.912. The molecule has 0 amide bonds. The lowest BCUT2D eigenvalue weighted by Gasteiger charge is -2.28. The van der Waals surface area contributed by atoms with Crippen LogP contribution in [0.25, 0.3) is 104 Å². The topological polar surface area (TPSA) is 8.17 Å². The normalized spacial score (nSPS) is 12.6. The molecule has 0 N–H and O–H groups in total. The molecule has 13 rings (SSSR count). The third-order valence-corrected chi connectivity index (χ3v) is 17.4. The van der Waals surface area contributed by atoms with E-state index in [1.54, 1.807) is 0 Å². The van der Waals surface area contributed by atoms with E-state index in [0.29, 0.717) is 0 Å². The summed E-state index contributed by atoms with van der Waals surface area (Å²) in [5.74, 6) is 0. The third kappa shape index (κ3) is 9.42. The van der Waals surface area contributed by atoms with E-state index in [1.807, 2.05) is 0 Å². The van der Waals surface area contributed by atoms with Crippen LogP contribution in [0.5, 0.6) is 0 Å². The molecule has 0 aliphatic rings. The van der Waals surface area contributed by atoms with Crippen molar-refractivity contribution < 1.29 is 0 Å². The number of benzene rings is 12. The Kier molecular flexibility index (Phi) is 12.5. The van der Waals surface area contributed by atoms with Gasteiger partial charge in [0, 0.05) is 32.9 Å². The molecule has 0 unspecified atom stereocenters. The van der Waals surface area contributed by atoms with E-state index in [1.165, 1.54) is 127 Å². The molecule has 0 atom stereocenters. The Morgan fingerprint density at radius 3 is 0.976 bits per heavy atom. The summed E-state index contributed by atoms with van der Waals surface area (Å²) < 4.78 is 2.47. The van der Waals surface area contributed by atoms with Crippen molar-refractivity contribution in [3.63, 3.8) is 0 Å². The average Bonchev–Trinajstić information content (AvgIpc) is 3.82. The van der Waals surface area contributed by atoms with Crippen LogP contribution in [-0.4, -0.2) is 4.57 Å². The molecule has 0 saturated heterocycles. The predicted octanol–water partition coefficient (Wildman–Crippen LogP) is 23.0. The van der Waals surface area contributed by atoms with Crippen molar-refractivity contribution in [2.45, 2.75) is 105 Å². The molecule has 2 nitrogen and oxygen atoms in total. The molecule has 1 heterocycles. The highest BCUT2D eigenvalue weighted by Gasteiger charge is 2.25. The van der Waals surface area contributed by atoms with Crippen LogP contribution in [0, 0.1) is 0 Å². The van der Waals surface area contributed by atoms with Crippen molar-refractivity contribution >= 4 is 71.2 Å². The van der Waals surface area contributed by atoms with Crippen molar-refractivity contribution in [1.29, 1.82) is 0 Å². The maximum absolute atomic E-state index is 2.47. The number of rotatable bonds is 8. The van der Waals surface area contributed by atoms with Gasteiger partial charge in [0.25, 0.3) is 0 Å². The van der Waals surface area contributed by atoms with Crippen LogP contribution in [0.3, 0.4) is 0 Å². The van der Waals surface area contributed by atoms with Crippen molar-refractivity contribution in [2.24, 2.45) is 0 Å². The second-order valence-corrected chi connectivity index (χ2v) is 27.1. The Morgan fingerprint density at radius 2 is 0.585 bits per heavy atom. The Morgan fingerprint density at radius 1 is 0.268 bits per heavy atom. The fourth-order valence-corrected chi connectivity index (χ4v) is 12.4. The van der Waals surface area contributed by atoms with Gasteiger partial charge in [0.1, 0.15) is 0 Å². The van der Waals surface area contributed by atoms with E-state index in [2.05, 4.69) is 323 Å². The van der Waals surface area contributed by atoms with Crippen LogP contribution in [0.2, 0.25) is 0 Å². The van der Waals surface area contributed by atoms with E-state index in [-0.39, 0.29) is 21.7 Å². The fourth-order valence-electron chi connectivity index (χ4n) is 12.4. The molecule has 0 radical (unpaired) electrons. The summed E-state index contributed by atoms with van der Waals surface area (Å²) in [5, 5.41) is 10.0. The molecule has 0 saturated carbocycles. The van der Waals surface area contributed by atoms with Gasteiger partial charge in [-0.3, -0.25) is 0 Å². The lowest BCUT2D eigenvalue weighted by Crippen LogP contribution is -2.16. The van der Waals surface area contributed by atoms with Crippen LogP contribution < -0.4 is 4.90 Å². The molecule has 0 aliphatic heterocycles. The largest absolute Gasteiger partial charge is 0.310 e. The highest BCUT2D eigenvalue weighted by Crippen LogP contribution is 2.47. The van der Waals surface area contributed by atoms with Gasteiger partial charge in [-0.15, -0.1) is 0 Å². The minimum atomic E-state index is 0.0483. The van der Waals surface area contributed by atoms with Gasteiger partial charge in [0.2, 0.25) is 0 Å². The molecule has 0 aliphatic carbocycles. The number of para-hydroxylation sites is 2. The maximum atomic E-state index is 2.47. The standard InChI is InChI=1S/C80H74N2/c1-77(2,3)61-45-59(46-62(49-61)78(4,5)6)55-25-21-51(22-26-55)53-29-37-65(38-30-53)81(66-39-31-54(32-40-66)52-23-27-56(28-24-52)60-47-63(79(7,8)9)50-64(48-60)80(10,11)12)73-43-35-57-34-42-70-74(44-36-58-33-41-69(73)75(57)76(58)70)82-71-19-15-13-17-67(71)68-18-14-16-20-72(68)82/h13-50H,1-12H3. The van der Waals surface area contributed by atoms with Gasteiger partial charge in [-0.25, -0.2) is 0 Å². The molecule has 0 bridgehead atoms. The first-order valence-corrected chi connectivity index (χ1v) is 29.4. The first kappa shape index (κ1) is 52.6. The van der Waals surface area contributed by atoms with Crippen LogP contribution in [0.1, 0.15) is 105 Å². The Labute approximate surface area is 485 Å². The van der Waals surface area contributed by atoms with Crippen molar-refractivity contribution in [3.05, 3.63) is 253 Å². The number of hydrogen-bond donors (Lipinski definition) is 0. The van der Waals surface area contributed by atoms with Gasteiger partial charge in [0.15, 0.2) is 0 Å². The number of aromatic nitrogens is 1. The van der Waals surface area contributed by atoms with Crippen LogP contribution >= 0.6 is 0 Å². The Bertz CT molecular complexity index is 4260. The minimum absolute atomic E-state index is 0.0483. The van der Waals surface area contributed by atoms with Crippen molar-refractivity contribution in [1.82, 2.24) is 4.57 Å². The number of fused-ring (bicyclic) bond motifs is 3. The number of hydrogen-bond acceptors (Lipinski definition) is 1. The molecule has 404 valence electrons. The zero-order valence-electron chi connectivity index (χ0n) is 49.8. The van der Waals surface area contributed by atoms with Crippen molar-refractivity contribution in [3.8, 4) is 50.2 Å². The molecular weight excluding hydrogens is 989 g/mol. The zero-order valence-corrected chi connectivity index (χ0v) is 49.8. The quantitative estimate of drug-likeness (QED) is 0.138. The summed E-state index contributed by atoms with van der Waals surface area (Å²) in [7, 11) is 0. The summed E-state index contributed by atoms with van der Waals surface area (Å²) in [6.45, 7) is 27.7. The minimum Gasteiger partial charge on any atom is -0.310 e. The maximum Gasteiger partial charge on any atom is 0.0541 e. The van der Waals surface area contributed by atoms with Crippen molar-refractivity contribution in [2.75, 3.05) is 4.90 Å². The van der Waals surface area contributed by atoms with Gasteiger partial charge in [-0.1, -0.05) is 265 Å². The van der Waals surface area contributed by atoms with E-state index in [0.717, 1.165) is 17.1 Å². The summed E-state index contributed by atoms with van der Waals surface area (Å²) in [6, 6.07) is 87.3. The zero-order chi connectivity index (χ0) is 57.0. The number of anilines is 3. The Hall–Kier alpha value is -8.72. The lowest BCUT2D eigenvalue weighted by atomic mass is 9.79. The van der Waals surface area contributed by atoms with E-state index >= 15 is 0 Å². The van der Waals surface area contributed by atoms with Gasteiger partial charge in [-0.2, -0.15) is 0 Å². The first-order chi connectivity index (χ1) is 39.2. The van der Waals surface area contributed by atoms with E-state index < -0.39 is 0 Å². The predicted molar refractivity (Wildman–Crippen MR) is 356 cm³/mol. The second-order valence-electron chi connectivity index (χ2n) is 27.1. The highest BCUT2D eigenvalue weighted by atomic mass is 15.1. The lowest BCUT2D eigenvalue weighted by molar-refractivity contribution is 0.568. The molecule has 12 aromatic carbocycles. The number of nitrogens with zero attached hydrogens (tertiary/aromatic N) is 2. The molecule has 13 aromatic rings. The highest BCUT2D eigenvalue weighted by molar-refractivity contribution is 6.27. The van der Waals surface area contributed by atoms with E-state index in [9.17, 15) is 0 Å². The second kappa shape index (κ2) is 19.5. The van der Waals surface area contributed by atoms with Gasteiger partial charge < -0.3 is 9.47 Å². The fraction of sp³-hybridized carbons (Fsp3) is 0.200. The first-order valence-electron chi connectivity index (χ1n) is 29.4. The molecule has 2 heteroatoms.